The van der Waals surface area contributed by atoms with E-state index in [0.29, 0.717) is 18.0 Å². The van der Waals surface area contributed by atoms with Gasteiger partial charge in [-0.2, -0.15) is 0 Å². The van der Waals surface area contributed by atoms with Crippen LogP contribution in [0.3, 0.4) is 0 Å². The molecule has 0 aliphatic carbocycles. The second-order valence-electron chi connectivity index (χ2n) is 10.5. The van der Waals surface area contributed by atoms with E-state index in [4.69, 9.17) is 0 Å². The van der Waals surface area contributed by atoms with Crippen LogP contribution in [0.15, 0.2) is 0 Å². The van der Waals surface area contributed by atoms with E-state index in [1.807, 2.05) is 0 Å². The molecule has 0 aromatic heterocycles. The molecule has 4 heterocycles. The predicted octanol–water partition coefficient (Wildman–Crippen LogP) is 2.37. The molecule has 0 bridgehead atoms. The van der Waals surface area contributed by atoms with Gasteiger partial charge in [0, 0.05) is 50.2 Å². The average molecular weight is 391 g/mol. The van der Waals surface area contributed by atoms with Gasteiger partial charge >= 0.3 is 0 Å². The minimum Gasteiger partial charge on any atom is -0.339 e. The van der Waals surface area contributed by atoms with E-state index in [0.717, 1.165) is 56.9 Å². The highest BCUT2D eigenvalue weighted by Gasteiger charge is 2.44. The van der Waals surface area contributed by atoms with Crippen LogP contribution in [0.5, 0.6) is 0 Å². The summed E-state index contributed by atoms with van der Waals surface area (Å²) in [6, 6.07) is 2.02. The van der Waals surface area contributed by atoms with Gasteiger partial charge < -0.3 is 9.80 Å². The summed E-state index contributed by atoms with van der Waals surface area (Å²) in [6.07, 6.45) is 4.87. The molecule has 4 rings (SSSR count). The van der Waals surface area contributed by atoms with Crippen molar-refractivity contribution in [3.8, 4) is 0 Å². The molecular formula is C23H42N4O. The summed E-state index contributed by atoms with van der Waals surface area (Å²) in [5.41, 5.74) is 0. The zero-order valence-electron chi connectivity index (χ0n) is 18.6. The van der Waals surface area contributed by atoms with E-state index in [9.17, 15) is 4.79 Å². The molecule has 0 aromatic rings. The molecule has 4 aliphatic rings. The van der Waals surface area contributed by atoms with Crippen LogP contribution in [-0.4, -0.2) is 96.0 Å². The van der Waals surface area contributed by atoms with Crippen LogP contribution >= 0.6 is 0 Å². The Kier molecular flexibility index (Phi) is 6.34. The quantitative estimate of drug-likeness (QED) is 0.721. The zero-order chi connectivity index (χ0) is 19.8. The van der Waals surface area contributed by atoms with Gasteiger partial charge in [0.05, 0.1) is 0 Å². The van der Waals surface area contributed by atoms with Crippen LogP contribution in [0.1, 0.15) is 53.4 Å². The lowest BCUT2D eigenvalue weighted by molar-refractivity contribution is -0.148. The summed E-state index contributed by atoms with van der Waals surface area (Å²) in [5, 5.41) is 0. The number of hydrogen-bond donors (Lipinski definition) is 0. The summed E-state index contributed by atoms with van der Waals surface area (Å²) in [6.45, 7) is 18.5. The van der Waals surface area contributed by atoms with E-state index >= 15 is 0 Å². The molecule has 4 aliphatic heterocycles. The number of likely N-dealkylation sites (tertiary alicyclic amines) is 4. The Bertz CT molecular complexity index is 523. The SMILES string of the molecule is CC(C)C1CCN(C2CN(C3CN(C(=O)C4CCN(C(C)C)CC4)C3)C2)CC1. The molecule has 0 spiro atoms. The van der Waals surface area contributed by atoms with Crippen LogP contribution < -0.4 is 0 Å². The Morgan fingerprint density at radius 3 is 1.86 bits per heavy atom. The maximum atomic E-state index is 12.8. The summed E-state index contributed by atoms with van der Waals surface area (Å²) in [4.78, 5) is 22.8. The van der Waals surface area contributed by atoms with Crippen molar-refractivity contribution in [3.05, 3.63) is 0 Å². The second kappa shape index (κ2) is 8.61. The second-order valence-corrected chi connectivity index (χ2v) is 10.5. The smallest absolute Gasteiger partial charge is 0.225 e. The number of hydrogen-bond acceptors (Lipinski definition) is 4. The Labute approximate surface area is 172 Å². The number of nitrogens with zero attached hydrogens (tertiary/aromatic N) is 4. The molecule has 4 saturated heterocycles. The fraction of sp³-hybridized carbons (Fsp3) is 0.957. The van der Waals surface area contributed by atoms with Gasteiger partial charge in [0.25, 0.3) is 0 Å². The molecule has 0 aromatic carbocycles. The molecule has 0 saturated carbocycles. The molecule has 5 heteroatoms. The standard InChI is InChI=1S/C23H42N4O/c1-17(2)19-5-11-25(12-6-19)21-13-26(14-21)22-15-27(16-22)23(28)20-7-9-24(10-8-20)18(3)4/h17-22H,5-16H2,1-4H3. The largest absolute Gasteiger partial charge is 0.339 e. The van der Waals surface area contributed by atoms with Gasteiger partial charge in [-0.25, -0.2) is 0 Å². The predicted molar refractivity (Wildman–Crippen MR) is 114 cm³/mol. The Morgan fingerprint density at radius 1 is 0.750 bits per heavy atom. The summed E-state index contributed by atoms with van der Waals surface area (Å²) >= 11 is 0. The first-order valence-corrected chi connectivity index (χ1v) is 11.9. The van der Waals surface area contributed by atoms with Crippen molar-refractivity contribution >= 4 is 5.91 Å². The average Bonchev–Trinajstić information content (AvgIpc) is 2.62. The van der Waals surface area contributed by atoms with E-state index in [1.54, 1.807) is 0 Å². The Hall–Kier alpha value is -0.650. The molecule has 0 atom stereocenters. The maximum absolute atomic E-state index is 12.8. The molecule has 4 fully saturated rings. The van der Waals surface area contributed by atoms with Gasteiger partial charge in [-0.1, -0.05) is 13.8 Å². The minimum absolute atomic E-state index is 0.280. The van der Waals surface area contributed by atoms with E-state index in [-0.39, 0.29) is 5.92 Å². The molecule has 28 heavy (non-hydrogen) atoms. The summed E-state index contributed by atoms with van der Waals surface area (Å²) < 4.78 is 0. The van der Waals surface area contributed by atoms with E-state index in [1.165, 1.54) is 39.0 Å². The van der Waals surface area contributed by atoms with Crippen LogP contribution in [0.4, 0.5) is 0 Å². The van der Waals surface area contributed by atoms with Crippen LogP contribution in [0.2, 0.25) is 0 Å². The van der Waals surface area contributed by atoms with Crippen molar-refractivity contribution in [2.75, 3.05) is 52.4 Å². The first kappa shape index (κ1) is 20.6. The Balaban J connectivity index is 1.13. The molecule has 5 nitrogen and oxygen atoms in total. The first-order chi connectivity index (χ1) is 13.4. The third-order valence-corrected chi connectivity index (χ3v) is 8.22. The van der Waals surface area contributed by atoms with Gasteiger partial charge in [-0.15, -0.1) is 0 Å². The van der Waals surface area contributed by atoms with Crippen molar-refractivity contribution in [1.82, 2.24) is 19.6 Å². The van der Waals surface area contributed by atoms with Crippen LogP contribution in [0.25, 0.3) is 0 Å². The van der Waals surface area contributed by atoms with Gasteiger partial charge in [-0.3, -0.25) is 14.6 Å². The number of carbonyl (C=O) groups is 1. The van der Waals surface area contributed by atoms with Gasteiger partial charge in [0.15, 0.2) is 0 Å². The van der Waals surface area contributed by atoms with Gasteiger partial charge in [0.2, 0.25) is 5.91 Å². The lowest BCUT2D eigenvalue weighted by Crippen LogP contribution is -2.71. The topological polar surface area (TPSA) is 30.0 Å². The monoisotopic (exact) mass is 390 g/mol. The number of carbonyl (C=O) groups excluding carboxylic acids is 1. The van der Waals surface area contributed by atoms with Crippen molar-refractivity contribution in [2.45, 2.75) is 71.5 Å². The third kappa shape index (κ3) is 4.27. The van der Waals surface area contributed by atoms with Crippen molar-refractivity contribution in [2.24, 2.45) is 17.8 Å². The van der Waals surface area contributed by atoms with Crippen molar-refractivity contribution < 1.29 is 4.79 Å². The molecule has 160 valence electrons. The number of piperidine rings is 2. The molecule has 0 N–H and O–H groups in total. The highest BCUT2D eigenvalue weighted by molar-refractivity contribution is 5.80. The number of rotatable bonds is 5. The minimum atomic E-state index is 0.280. The number of amides is 1. The zero-order valence-corrected chi connectivity index (χ0v) is 18.6. The van der Waals surface area contributed by atoms with Gasteiger partial charge in [-0.05, 0) is 77.5 Å². The fourth-order valence-corrected chi connectivity index (χ4v) is 5.76. The van der Waals surface area contributed by atoms with Gasteiger partial charge in [0.1, 0.15) is 0 Å². The highest BCUT2D eigenvalue weighted by atomic mass is 16.2. The highest BCUT2D eigenvalue weighted by Crippen LogP contribution is 2.31. The first-order valence-electron chi connectivity index (χ1n) is 11.9. The molecule has 0 radical (unpaired) electrons. The van der Waals surface area contributed by atoms with E-state index in [2.05, 4.69) is 47.3 Å². The van der Waals surface area contributed by atoms with Crippen LogP contribution in [-0.2, 0) is 4.79 Å². The normalized spacial score (nSPS) is 28.1. The fourth-order valence-electron chi connectivity index (χ4n) is 5.76. The Morgan fingerprint density at radius 2 is 1.32 bits per heavy atom. The lowest BCUT2D eigenvalue weighted by Gasteiger charge is -2.55. The van der Waals surface area contributed by atoms with Crippen molar-refractivity contribution in [3.63, 3.8) is 0 Å². The van der Waals surface area contributed by atoms with Crippen molar-refractivity contribution in [1.29, 1.82) is 0 Å². The summed E-state index contributed by atoms with van der Waals surface area (Å²) in [5.74, 6) is 2.50. The maximum Gasteiger partial charge on any atom is 0.225 e. The third-order valence-electron chi connectivity index (χ3n) is 8.22. The van der Waals surface area contributed by atoms with Crippen LogP contribution in [0, 0.1) is 17.8 Å². The molecular weight excluding hydrogens is 348 g/mol. The molecule has 1 amide bonds. The lowest BCUT2D eigenvalue weighted by atomic mass is 9.85. The summed E-state index contributed by atoms with van der Waals surface area (Å²) in [7, 11) is 0. The molecule has 0 unspecified atom stereocenters. The van der Waals surface area contributed by atoms with E-state index < -0.39 is 0 Å².